The SMILES string of the molecule is Fc1ccc(-c2nc3ccccc3c(Cl)c2-c2ccc(F)cc2)cc1. The number of fused-ring (bicyclic) bond motifs is 1. The van der Waals surface area contributed by atoms with Crippen LogP contribution in [-0.2, 0) is 0 Å². The van der Waals surface area contributed by atoms with E-state index >= 15 is 0 Å². The first-order chi connectivity index (χ1) is 12.1. The van der Waals surface area contributed by atoms with Crippen LogP contribution >= 0.6 is 11.6 Å². The first-order valence-electron chi connectivity index (χ1n) is 7.73. The molecule has 4 heteroatoms. The third-order valence-electron chi connectivity index (χ3n) is 4.08. The highest BCUT2D eigenvalue weighted by molar-refractivity contribution is 6.38. The van der Waals surface area contributed by atoms with Gasteiger partial charge in [0, 0.05) is 16.5 Å². The Bertz CT molecular complexity index is 1060. The first kappa shape index (κ1) is 15.7. The van der Waals surface area contributed by atoms with Crippen molar-refractivity contribution in [1.29, 1.82) is 0 Å². The van der Waals surface area contributed by atoms with Crippen LogP contribution in [0.3, 0.4) is 0 Å². The monoisotopic (exact) mass is 351 g/mol. The standard InChI is InChI=1S/C21H12ClF2N/c22-20-17-3-1-2-4-18(17)25-21(14-7-11-16(24)12-8-14)19(20)13-5-9-15(23)10-6-13/h1-12H. The van der Waals surface area contributed by atoms with Crippen LogP contribution in [0.2, 0.25) is 5.02 Å². The van der Waals surface area contributed by atoms with Gasteiger partial charge < -0.3 is 0 Å². The van der Waals surface area contributed by atoms with E-state index in [1.165, 1.54) is 24.3 Å². The van der Waals surface area contributed by atoms with Crippen molar-refractivity contribution in [3.63, 3.8) is 0 Å². The molecule has 0 spiro atoms. The second-order valence-corrected chi connectivity index (χ2v) is 6.06. The molecule has 0 radical (unpaired) electrons. The topological polar surface area (TPSA) is 12.9 Å². The Balaban J connectivity index is 2.07. The van der Waals surface area contributed by atoms with E-state index in [1.807, 2.05) is 24.3 Å². The third-order valence-corrected chi connectivity index (χ3v) is 4.47. The Morgan fingerprint density at radius 2 is 1.24 bits per heavy atom. The van der Waals surface area contributed by atoms with Crippen molar-refractivity contribution in [2.45, 2.75) is 0 Å². The Hall–Kier alpha value is -2.78. The normalized spacial score (nSPS) is 11.0. The number of rotatable bonds is 2. The zero-order valence-corrected chi connectivity index (χ0v) is 13.8. The second-order valence-electron chi connectivity index (χ2n) is 5.68. The molecule has 0 atom stereocenters. The van der Waals surface area contributed by atoms with E-state index in [4.69, 9.17) is 16.6 Å². The van der Waals surface area contributed by atoms with Gasteiger partial charge in [-0.2, -0.15) is 0 Å². The van der Waals surface area contributed by atoms with E-state index in [9.17, 15) is 8.78 Å². The van der Waals surface area contributed by atoms with Gasteiger partial charge in [-0.25, -0.2) is 13.8 Å². The van der Waals surface area contributed by atoms with Gasteiger partial charge in [0.15, 0.2) is 0 Å². The van der Waals surface area contributed by atoms with E-state index < -0.39 is 0 Å². The van der Waals surface area contributed by atoms with Crippen LogP contribution in [0.15, 0.2) is 72.8 Å². The summed E-state index contributed by atoms with van der Waals surface area (Å²) in [5.74, 6) is -0.643. The minimum atomic E-state index is -0.322. The zero-order valence-electron chi connectivity index (χ0n) is 13.0. The van der Waals surface area contributed by atoms with Gasteiger partial charge in [0.25, 0.3) is 0 Å². The number of halogens is 3. The third kappa shape index (κ3) is 2.87. The van der Waals surface area contributed by atoms with Crippen LogP contribution in [0.4, 0.5) is 8.78 Å². The summed E-state index contributed by atoms with van der Waals surface area (Å²) in [7, 11) is 0. The molecule has 0 aliphatic carbocycles. The molecular weight excluding hydrogens is 340 g/mol. The van der Waals surface area contributed by atoms with Crippen molar-refractivity contribution < 1.29 is 8.78 Å². The van der Waals surface area contributed by atoms with E-state index in [0.717, 1.165) is 22.0 Å². The molecule has 4 rings (SSSR count). The first-order valence-corrected chi connectivity index (χ1v) is 8.11. The average molecular weight is 352 g/mol. The number of para-hydroxylation sites is 1. The molecule has 0 saturated heterocycles. The Morgan fingerprint density at radius 1 is 0.680 bits per heavy atom. The van der Waals surface area contributed by atoms with Crippen molar-refractivity contribution in [3.05, 3.63) is 89.5 Å². The van der Waals surface area contributed by atoms with Crippen LogP contribution in [-0.4, -0.2) is 4.98 Å². The van der Waals surface area contributed by atoms with Crippen LogP contribution in [0.5, 0.6) is 0 Å². The van der Waals surface area contributed by atoms with Gasteiger partial charge in [0.05, 0.1) is 16.2 Å². The highest BCUT2D eigenvalue weighted by atomic mass is 35.5. The summed E-state index contributed by atoms with van der Waals surface area (Å²) in [5.41, 5.74) is 3.58. The molecule has 0 saturated carbocycles. The lowest BCUT2D eigenvalue weighted by atomic mass is 9.97. The van der Waals surface area contributed by atoms with E-state index in [1.54, 1.807) is 24.3 Å². The van der Waals surface area contributed by atoms with E-state index in [0.29, 0.717) is 16.3 Å². The fourth-order valence-electron chi connectivity index (χ4n) is 2.87. The van der Waals surface area contributed by atoms with Gasteiger partial charge in [-0.1, -0.05) is 41.9 Å². The number of pyridine rings is 1. The van der Waals surface area contributed by atoms with Gasteiger partial charge in [0.2, 0.25) is 0 Å². The highest BCUT2D eigenvalue weighted by Gasteiger charge is 2.17. The second kappa shape index (κ2) is 6.26. The van der Waals surface area contributed by atoms with Gasteiger partial charge in [-0.15, -0.1) is 0 Å². The molecule has 0 bridgehead atoms. The largest absolute Gasteiger partial charge is 0.247 e. The summed E-state index contributed by atoms with van der Waals surface area (Å²) in [6, 6.07) is 19.7. The molecule has 0 aliphatic heterocycles. The Labute approximate surface area is 148 Å². The molecule has 3 aromatic carbocycles. The van der Waals surface area contributed by atoms with Crippen molar-refractivity contribution in [1.82, 2.24) is 4.98 Å². The maximum Gasteiger partial charge on any atom is 0.123 e. The maximum atomic E-state index is 13.3. The summed E-state index contributed by atoms with van der Waals surface area (Å²) < 4.78 is 26.6. The van der Waals surface area contributed by atoms with E-state index in [-0.39, 0.29) is 11.6 Å². The fraction of sp³-hybridized carbons (Fsp3) is 0. The molecule has 1 nitrogen and oxygen atoms in total. The smallest absolute Gasteiger partial charge is 0.123 e. The number of aromatic nitrogens is 1. The van der Waals surface area contributed by atoms with Crippen molar-refractivity contribution in [3.8, 4) is 22.4 Å². The molecule has 122 valence electrons. The minimum Gasteiger partial charge on any atom is -0.247 e. The van der Waals surface area contributed by atoms with Crippen molar-refractivity contribution in [2.75, 3.05) is 0 Å². The summed E-state index contributed by atoms with van der Waals surface area (Å²) in [5, 5.41) is 1.35. The number of benzene rings is 3. The van der Waals surface area contributed by atoms with Crippen LogP contribution in [0.25, 0.3) is 33.3 Å². The minimum absolute atomic E-state index is 0.320. The Kier molecular flexibility index (Phi) is 3.94. The summed E-state index contributed by atoms with van der Waals surface area (Å²) in [6.07, 6.45) is 0. The molecule has 0 unspecified atom stereocenters. The summed E-state index contributed by atoms with van der Waals surface area (Å²) in [6.45, 7) is 0. The quantitative estimate of drug-likeness (QED) is 0.401. The highest BCUT2D eigenvalue weighted by Crippen LogP contribution is 2.40. The van der Waals surface area contributed by atoms with Gasteiger partial charge in [-0.05, 0) is 48.0 Å². The molecule has 4 aromatic rings. The molecule has 0 fully saturated rings. The molecule has 0 aliphatic rings. The number of hydrogen-bond donors (Lipinski definition) is 0. The lowest BCUT2D eigenvalue weighted by molar-refractivity contribution is 0.627. The number of nitrogens with zero attached hydrogens (tertiary/aromatic N) is 1. The fourth-order valence-corrected chi connectivity index (χ4v) is 3.23. The van der Waals surface area contributed by atoms with Crippen LogP contribution < -0.4 is 0 Å². The predicted octanol–water partition coefficient (Wildman–Crippen LogP) is 6.50. The van der Waals surface area contributed by atoms with Crippen LogP contribution in [0.1, 0.15) is 0 Å². The van der Waals surface area contributed by atoms with Crippen LogP contribution in [0, 0.1) is 11.6 Å². The zero-order chi connectivity index (χ0) is 17.4. The molecule has 1 aromatic heterocycles. The lowest BCUT2D eigenvalue weighted by Gasteiger charge is -2.14. The molecule has 0 N–H and O–H groups in total. The maximum absolute atomic E-state index is 13.3. The predicted molar refractivity (Wildman–Crippen MR) is 97.5 cm³/mol. The van der Waals surface area contributed by atoms with Crippen molar-refractivity contribution in [2.24, 2.45) is 0 Å². The van der Waals surface area contributed by atoms with Gasteiger partial charge in [-0.3, -0.25) is 0 Å². The van der Waals surface area contributed by atoms with Gasteiger partial charge >= 0.3 is 0 Å². The van der Waals surface area contributed by atoms with E-state index in [2.05, 4.69) is 0 Å². The summed E-state index contributed by atoms with van der Waals surface area (Å²) >= 11 is 6.69. The molecule has 0 amide bonds. The molecular formula is C21H12ClF2N. The Morgan fingerprint density at radius 3 is 1.88 bits per heavy atom. The molecule has 1 heterocycles. The average Bonchev–Trinajstić information content (AvgIpc) is 2.63. The van der Waals surface area contributed by atoms with Crippen molar-refractivity contribution >= 4 is 22.5 Å². The lowest BCUT2D eigenvalue weighted by Crippen LogP contribution is -1.94. The number of hydrogen-bond acceptors (Lipinski definition) is 1. The van der Waals surface area contributed by atoms with Gasteiger partial charge in [0.1, 0.15) is 11.6 Å². The molecule has 25 heavy (non-hydrogen) atoms. The summed E-state index contributed by atoms with van der Waals surface area (Å²) in [4.78, 5) is 4.73.